The minimum Gasteiger partial charge on any atom is -0.383 e. The lowest BCUT2D eigenvalue weighted by Gasteiger charge is -2.22. The first-order valence-electron chi connectivity index (χ1n) is 4.09. The minimum atomic E-state index is 0.492. The molecule has 0 aromatic carbocycles. The molecule has 12 heavy (non-hydrogen) atoms. The fraction of sp³-hybridized carbons (Fsp3) is 0.500. The molecule has 64 valence electrons. The highest BCUT2D eigenvalue weighted by Gasteiger charge is 2.17. The van der Waals surface area contributed by atoms with Crippen molar-refractivity contribution in [1.82, 2.24) is 15.3 Å². The van der Waals surface area contributed by atoms with E-state index in [1.807, 2.05) is 0 Å². The van der Waals surface area contributed by atoms with Crippen molar-refractivity contribution in [1.29, 1.82) is 0 Å². The van der Waals surface area contributed by atoms with Crippen molar-refractivity contribution in [3.8, 4) is 0 Å². The minimum absolute atomic E-state index is 0.492. The Kier molecular flexibility index (Phi) is 1.69. The summed E-state index contributed by atoms with van der Waals surface area (Å²) in [6.45, 7) is 2.93. The number of hydrogen-bond acceptors (Lipinski definition) is 4. The van der Waals surface area contributed by atoms with E-state index in [1.54, 1.807) is 0 Å². The van der Waals surface area contributed by atoms with Crippen LogP contribution in [-0.2, 0) is 13.0 Å². The molecule has 1 aliphatic heterocycles. The maximum absolute atomic E-state index is 5.70. The Morgan fingerprint density at radius 2 is 2.42 bits per heavy atom. The van der Waals surface area contributed by atoms with E-state index >= 15 is 0 Å². The third-order valence-electron chi connectivity index (χ3n) is 2.19. The quantitative estimate of drug-likeness (QED) is 0.570. The standard InChI is InChI=1S/C8H12N4/c1-5-2-7-6(3-10-5)8(9)12-4-11-7/h4-5,10H,2-3H2,1H3,(H2,9,11,12). The van der Waals surface area contributed by atoms with Crippen LogP contribution in [-0.4, -0.2) is 16.0 Å². The third kappa shape index (κ3) is 1.14. The van der Waals surface area contributed by atoms with Gasteiger partial charge in [0.2, 0.25) is 0 Å². The van der Waals surface area contributed by atoms with Crippen LogP contribution >= 0.6 is 0 Å². The van der Waals surface area contributed by atoms with E-state index in [2.05, 4.69) is 22.2 Å². The van der Waals surface area contributed by atoms with Crippen molar-refractivity contribution < 1.29 is 0 Å². The molecule has 1 atom stereocenters. The zero-order valence-corrected chi connectivity index (χ0v) is 7.04. The monoisotopic (exact) mass is 164 g/mol. The van der Waals surface area contributed by atoms with Crippen LogP contribution in [0.15, 0.2) is 6.33 Å². The van der Waals surface area contributed by atoms with Crippen LogP contribution in [0.3, 0.4) is 0 Å². The highest BCUT2D eigenvalue weighted by atomic mass is 15.0. The number of aromatic nitrogens is 2. The van der Waals surface area contributed by atoms with Crippen molar-refractivity contribution in [2.24, 2.45) is 0 Å². The smallest absolute Gasteiger partial charge is 0.131 e. The van der Waals surface area contributed by atoms with Gasteiger partial charge in [-0.25, -0.2) is 9.97 Å². The van der Waals surface area contributed by atoms with E-state index in [0.29, 0.717) is 11.9 Å². The summed E-state index contributed by atoms with van der Waals surface area (Å²) in [6, 6.07) is 0.492. The third-order valence-corrected chi connectivity index (χ3v) is 2.19. The Hall–Kier alpha value is -1.16. The number of nitrogen functional groups attached to an aromatic ring is 1. The predicted octanol–water partition coefficient (Wildman–Crippen LogP) is 0.0930. The number of nitrogens with one attached hydrogen (secondary N) is 1. The Balaban J connectivity index is 2.42. The maximum Gasteiger partial charge on any atom is 0.131 e. The van der Waals surface area contributed by atoms with Crippen LogP contribution < -0.4 is 11.1 Å². The average Bonchev–Trinajstić information content (AvgIpc) is 2.04. The van der Waals surface area contributed by atoms with E-state index in [4.69, 9.17) is 5.73 Å². The van der Waals surface area contributed by atoms with Crippen molar-refractivity contribution in [2.75, 3.05) is 5.73 Å². The zero-order valence-electron chi connectivity index (χ0n) is 7.04. The van der Waals surface area contributed by atoms with E-state index < -0.39 is 0 Å². The molecule has 2 heterocycles. The number of nitrogens with zero attached hydrogens (tertiary/aromatic N) is 2. The van der Waals surface area contributed by atoms with Gasteiger partial charge >= 0.3 is 0 Å². The van der Waals surface area contributed by atoms with Gasteiger partial charge in [-0.2, -0.15) is 0 Å². The van der Waals surface area contributed by atoms with Gasteiger partial charge in [-0.3, -0.25) is 0 Å². The molecule has 3 N–H and O–H groups in total. The van der Waals surface area contributed by atoms with Gasteiger partial charge in [0.25, 0.3) is 0 Å². The predicted molar refractivity (Wildman–Crippen MR) is 46.5 cm³/mol. The lowest BCUT2D eigenvalue weighted by atomic mass is 10.0. The SMILES string of the molecule is CC1Cc2ncnc(N)c2CN1. The Morgan fingerprint density at radius 3 is 3.25 bits per heavy atom. The molecular formula is C8H12N4. The molecule has 0 aliphatic carbocycles. The second-order valence-electron chi connectivity index (χ2n) is 3.17. The molecule has 1 aliphatic rings. The van der Waals surface area contributed by atoms with Crippen molar-refractivity contribution >= 4 is 5.82 Å². The first kappa shape index (κ1) is 7.49. The molecule has 0 spiro atoms. The molecule has 2 rings (SSSR count). The summed E-state index contributed by atoms with van der Waals surface area (Å²) >= 11 is 0. The zero-order chi connectivity index (χ0) is 8.55. The largest absolute Gasteiger partial charge is 0.383 e. The summed E-state index contributed by atoms with van der Waals surface area (Å²) in [4.78, 5) is 8.14. The lowest BCUT2D eigenvalue weighted by molar-refractivity contribution is 0.504. The average molecular weight is 164 g/mol. The van der Waals surface area contributed by atoms with Gasteiger partial charge in [0, 0.05) is 24.6 Å². The summed E-state index contributed by atoms with van der Waals surface area (Å²) in [5.41, 5.74) is 7.85. The van der Waals surface area contributed by atoms with Crippen LogP contribution in [0.25, 0.3) is 0 Å². The number of hydrogen-bond donors (Lipinski definition) is 2. The molecule has 1 aromatic rings. The van der Waals surface area contributed by atoms with Gasteiger partial charge in [-0.1, -0.05) is 0 Å². The molecule has 4 nitrogen and oxygen atoms in total. The summed E-state index contributed by atoms with van der Waals surface area (Å²) in [5.74, 6) is 0.611. The Morgan fingerprint density at radius 1 is 1.58 bits per heavy atom. The highest BCUT2D eigenvalue weighted by Crippen LogP contribution is 2.17. The second kappa shape index (κ2) is 2.71. The van der Waals surface area contributed by atoms with Gasteiger partial charge in [-0.15, -0.1) is 0 Å². The maximum atomic E-state index is 5.70. The fourth-order valence-electron chi connectivity index (χ4n) is 1.47. The van der Waals surface area contributed by atoms with Gasteiger partial charge in [0.05, 0.1) is 5.69 Å². The molecule has 0 amide bonds. The molecule has 1 aromatic heterocycles. The van der Waals surface area contributed by atoms with E-state index in [0.717, 1.165) is 24.2 Å². The Bertz CT molecular complexity index is 297. The van der Waals surface area contributed by atoms with Crippen molar-refractivity contribution in [3.05, 3.63) is 17.6 Å². The molecular weight excluding hydrogens is 152 g/mol. The molecule has 0 fully saturated rings. The van der Waals surface area contributed by atoms with E-state index in [-0.39, 0.29) is 0 Å². The number of rotatable bonds is 0. The fourth-order valence-corrected chi connectivity index (χ4v) is 1.47. The number of nitrogens with two attached hydrogens (primary N) is 1. The Labute approximate surface area is 71.2 Å². The van der Waals surface area contributed by atoms with Gasteiger partial charge in [0.15, 0.2) is 0 Å². The number of anilines is 1. The van der Waals surface area contributed by atoms with Gasteiger partial charge in [-0.05, 0) is 6.92 Å². The normalized spacial score (nSPS) is 21.9. The summed E-state index contributed by atoms with van der Waals surface area (Å²) in [7, 11) is 0. The summed E-state index contributed by atoms with van der Waals surface area (Å²) in [6.07, 6.45) is 2.48. The van der Waals surface area contributed by atoms with Crippen LogP contribution in [0, 0.1) is 0 Å². The lowest BCUT2D eigenvalue weighted by Crippen LogP contribution is -2.34. The molecule has 0 bridgehead atoms. The highest BCUT2D eigenvalue weighted by molar-refractivity contribution is 5.42. The summed E-state index contributed by atoms with van der Waals surface area (Å²) in [5, 5.41) is 3.32. The first-order chi connectivity index (χ1) is 5.77. The van der Waals surface area contributed by atoms with Crippen LogP contribution in [0.4, 0.5) is 5.82 Å². The molecule has 0 saturated carbocycles. The molecule has 0 saturated heterocycles. The first-order valence-corrected chi connectivity index (χ1v) is 4.09. The molecule has 0 radical (unpaired) electrons. The van der Waals surface area contributed by atoms with E-state index in [9.17, 15) is 0 Å². The van der Waals surface area contributed by atoms with Gasteiger partial charge in [0.1, 0.15) is 12.1 Å². The van der Waals surface area contributed by atoms with Crippen molar-refractivity contribution in [2.45, 2.75) is 25.9 Å². The van der Waals surface area contributed by atoms with Crippen LogP contribution in [0.2, 0.25) is 0 Å². The van der Waals surface area contributed by atoms with E-state index in [1.165, 1.54) is 6.33 Å². The molecule has 1 unspecified atom stereocenters. The van der Waals surface area contributed by atoms with Crippen LogP contribution in [0.1, 0.15) is 18.2 Å². The molecule has 4 heteroatoms. The van der Waals surface area contributed by atoms with Gasteiger partial charge < -0.3 is 11.1 Å². The topological polar surface area (TPSA) is 63.8 Å². The number of fused-ring (bicyclic) bond motifs is 1. The van der Waals surface area contributed by atoms with Crippen molar-refractivity contribution in [3.63, 3.8) is 0 Å². The second-order valence-corrected chi connectivity index (χ2v) is 3.17. The van der Waals surface area contributed by atoms with Crippen LogP contribution in [0.5, 0.6) is 0 Å². The summed E-state index contributed by atoms with van der Waals surface area (Å²) < 4.78 is 0.